The Hall–Kier alpha value is 0.200. The maximum atomic E-state index is 10.2. The van der Waals surface area contributed by atoms with E-state index in [0.29, 0.717) is 0 Å². The minimum Gasteiger partial charge on any atom is -0.297 e. The van der Waals surface area contributed by atoms with Crippen LogP contribution in [0.4, 0.5) is 0 Å². The molecule has 0 aliphatic carbocycles. The number of Topliss-reactive ketones (excluding diaryl/α,β-unsaturated/α-hetero) is 1. The molecule has 0 amide bonds. The summed E-state index contributed by atoms with van der Waals surface area (Å²) in [6, 6.07) is 0. The Morgan fingerprint density at radius 2 is 1.89 bits per heavy atom. The van der Waals surface area contributed by atoms with Crippen LogP contribution >= 0.6 is 22.3 Å². The van der Waals surface area contributed by atoms with Crippen LogP contribution in [-0.2, 0) is 13.8 Å². The fourth-order valence-electron chi connectivity index (χ4n) is 0.231. The topological polar surface area (TPSA) is 51.2 Å². The predicted octanol–water partition coefficient (Wildman–Crippen LogP) is 0.363. The number of alkyl halides is 1. The normalized spacial score (nSPS) is 11.3. The van der Waals surface area contributed by atoms with Gasteiger partial charge >= 0.3 is 0 Å². The Balaban J connectivity index is 3.91. The van der Waals surface area contributed by atoms with Gasteiger partial charge in [-0.05, 0) is 0 Å². The molecule has 6 heteroatoms. The molecule has 0 bridgehead atoms. The summed E-state index contributed by atoms with van der Waals surface area (Å²) in [5.74, 6) is -1.59. The van der Waals surface area contributed by atoms with E-state index in [4.69, 9.17) is 22.3 Å². The molecule has 0 saturated carbocycles. The average Bonchev–Trinajstić information content (AvgIpc) is 1.62. The zero-order chi connectivity index (χ0) is 7.49. The lowest BCUT2D eigenvalue weighted by Gasteiger charge is -1.88. The number of halogens is 2. The number of rotatable bonds is 3. The molecule has 0 aliphatic heterocycles. The number of hydrogen-bond donors (Lipinski definition) is 0. The lowest BCUT2D eigenvalue weighted by Crippen LogP contribution is -2.11. The van der Waals surface area contributed by atoms with Gasteiger partial charge < -0.3 is 0 Å². The molecule has 54 valence electrons. The van der Waals surface area contributed by atoms with Crippen LogP contribution in [0.2, 0.25) is 0 Å². The zero-order valence-electron chi connectivity index (χ0n) is 4.30. The second kappa shape index (κ2) is 3.39. The highest BCUT2D eigenvalue weighted by Gasteiger charge is 2.10. The first-order valence-electron chi connectivity index (χ1n) is 1.95. The summed E-state index contributed by atoms with van der Waals surface area (Å²) < 4.78 is 20.2. The van der Waals surface area contributed by atoms with E-state index in [1.165, 1.54) is 0 Å². The highest BCUT2D eigenvalue weighted by Crippen LogP contribution is 1.96. The molecule has 0 spiro atoms. The van der Waals surface area contributed by atoms with Crippen molar-refractivity contribution >= 4 is 37.1 Å². The molecular weight excluding hydrogens is 187 g/mol. The molecule has 0 aliphatic rings. The summed E-state index contributed by atoms with van der Waals surface area (Å²) in [7, 11) is 1.00. The van der Waals surface area contributed by atoms with Crippen LogP contribution in [-0.4, -0.2) is 25.8 Å². The van der Waals surface area contributed by atoms with Crippen LogP contribution in [0.3, 0.4) is 0 Å². The summed E-state index contributed by atoms with van der Waals surface area (Å²) in [6.45, 7) is 0. The largest absolute Gasteiger partial charge is 0.297 e. The molecule has 0 unspecified atom stereocenters. The molecule has 3 nitrogen and oxygen atoms in total. The number of carbonyl (C=O) groups is 1. The smallest absolute Gasteiger partial charge is 0.239 e. The third-order valence-corrected chi connectivity index (χ3v) is 1.77. The van der Waals surface area contributed by atoms with Gasteiger partial charge in [-0.25, -0.2) is 8.42 Å². The first kappa shape index (κ1) is 9.20. The molecule has 0 heterocycles. The monoisotopic (exact) mass is 190 g/mol. The van der Waals surface area contributed by atoms with E-state index < -0.39 is 20.6 Å². The van der Waals surface area contributed by atoms with Gasteiger partial charge in [-0.15, -0.1) is 11.6 Å². The summed E-state index contributed by atoms with van der Waals surface area (Å²) in [6.07, 6.45) is 0. The van der Waals surface area contributed by atoms with Crippen molar-refractivity contribution in [1.29, 1.82) is 0 Å². The molecule has 0 saturated heterocycles. The predicted molar refractivity (Wildman–Crippen MR) is 35.4 cm³/mol. The van der Waals surface area contributed by atoms with Crippen molar-refractivity contribution in [3.8, 4) is 0 Å². The molecule has 0 radical (unpaired) electrons. The summed E-state index contributed by atoms with van der Waals surface area (Å²) in [5.41, 5.74) is 0. The second-order valence-corrected chi connectivity index (χ2v) is 4.40. The fourth-order valence-corrected chi connectivity index (χ4v) is 1.29. The number of carbonyl (C=O) groups excluding carboxylic acids is 1. The van der Waals surface area contributed by atoms with Crippen molar-refractivity contribution in [1.82, 2.24) is 0 Å². The number of hydrogen-bond acceptors (Lipinski definition) is 3. The van der Waals surface area contributed by atoms with E-state index in [-0.39, 0.29) is 5.88 Å². The van der Waals surface area contributed by atoms with Crippen LogP contribution < -0.4 is 0 Å². The molecule has 0 rings (SSSR count). The summed E-state index contributed by atoms with van der Waals surface area (Å²) >= 11 is 4.99. The molecule has 0 N–H and O–H groups in total. The summed E-state index contributed by atoms with van der Waals surface area (Å²) in [4.78, 5) is 10.2. The minimum absolute atomic E-state index is 0.314. The van der Waals surface area contributed by atoms with E-state index in [1.54, 1.807) is 0 Å². The van der Waals surface area contributed by atoms with E-state index in [2.05, 4.69) is 0 Å². The summed E-state index contributed by atoms with van der Waals surface area (Å²) in [5, 5.41) is 0. The molecule has 0 aromatic heterocycles. The van der Waals surface area contributed by atoms with Gasteiger partial charge in [0.05, 0.1) is 5.88 Å². The van der Waals surface area contributed by atoms with Gasteiger partial charge in [-0.2, -0.15) is 0 Å². The second-order valence-electron chi connectivity index (χ2n) is 1.36. The number of ketones is 1. The average molecular weight is 191 g/mol. The van der Waals surface area contributed by atoms with Crippen molar-refractivity contribution < 1.29 is 13.2 Å². The van der Waals surface area contributed by atoms with Crippen LogP contribution in [0.25, 0.3) is 0 Å². The third kappa shape index (κ3) is 6.08. The van der Waals surface area contributed by atoms with E-state index in [1.807, 2.05) is 0 Å². The Labute approximate surface area is 62.4 Å². The van der Waals surface area contributed by atoms with Crippen molar-refractivity contribution in [3.05, 3.63) is 0 Å². The van der Waals surface area contributed by atoms with Crippen molar-refractivity contribution in [3.63, 3.8) is 0 Å². The quantitative estimate of drug-likeness (QED) is 0.478. The first-order chi connectivity index (χ1) is 3.95. The Bertz CT molecular complexity index is 195. The van der Waals surface area contributed by atoms with Crippen molar-refractivity contribution in [2.75, 3.05) is 11.6 Å². The van der Waals surface area contributed by atoms with Gasteiger partial charge in [0, 0.05) is 10.7 Å². The van der Waals surface area contributed by atoms with Crippen molar-refractivity contribution in [2.45, 2.75) is 0 Å². The van der Waals surface area contributed by atoms with Crippen LogP contribution in [0, 0.1) is 0 Å². The van der Waals surface area contributed by atoms with Crippen LogP contribution in [0.1, 0.15) is 0 Å². The lowest BCUT2D eigenvalue weighted by molar-refractivity contribution is -0.114. The van der Waals surface area contributed by atoms with Gasteiger partial charge in [0.15, 0.2) is 5.78 Å². The maximum absolute atomic E-state index is 10.2. The van der Waals surface area contributed by atoms with E-state index in [9.17, 15) is 13.2 Å². The lowest BCUT2D eigenvalue weighted by atomic mass is 10.5. The molecule has 9 heavy (non-hydrogen) atoms. The zero-order valence-corrected chi connectivity index (χ0v) is 6.63. The van der Waals surface area contributed by atoms with E-state index in [0.717, 1.165) is 0 Å². The van der Waals surface area contributed by atoms with Crippen LogP contribution in [0.5, 0.6) is 0 Å². The van der Waals surface area contributed by atoms with Crippen molar-refractivity contribution in [2.24, 2.45) is 0 Å². The Morgan fingerprint density at radius 3 is 2.00 bits per heavy atom. The van der Waals surface area contributed by atoms with Gasteiger partial charge in [-0.3, -0.25) is 4.79 Å². The van der Waals surface area contributed by atoms with Gasteiger partial charge in [0.2, 0.25) is 9.05 Å². The standard InChI is InChI=1S/C3H4Cl2O3S/c4-1-3(6)2-9(5,7)8/h1-2H2. The molecule has 0 aromatic rings. The molecule has 0 aromatic carbocycles. The first-order valence-corrected chi connectivity index (χ1v) is 4.97. The fraction of sp³-hybridized carbons (Fsp3) is 0.667. The third-order valence-electron chi connectivity index (χ3n) is 0.482. The molecular formula is C3H4Cl2O3S. The highest BCUT2D eigenvalue weighted by molar-refractivity contribution is 8.14. The Morgan fingerprint density at radius 1 is 1.44 bits per heavy atom. The molecule has 0 fully saturated rings. The molecule has 0 atom stereocenters. The SMILES string of the molecule is O=C(CCl)CS(=O)(=O)Cl. The Kier molecular flexibility index (Phi) is 3.46. The minimum atomic E-state index is -3.70. The maximum Gasteiger partial charge on any atom is 0.239 e. The highest BCUT2D eigenvalue weighted by atomic mass is 35.7. The van der Waals surface area contributed by atoms with Gasteiger partial charge in [0.25, 0.3) is 0 Å². The van der Waals surface area contributed by atoms with Gasteiger partial charge in [-0.1, -0.05) is 0 Å². The van der Waals surface area contributed by atoms with Gasteiger partial charge in [0.1, 0.15) is 5.75 Å². The van der Waals surface area contributed by atoms with E-state index >= 15 is 0 Å². The van der Waals surface area contributed by atoms with Crippen LogP contribution in [0.15, 0.2) is 0 Å².